The van der Waals surface area contributed by atoms with Gasteiger partial charge in [0.15, 0.2) is 11.9 Å². The van der Waals surface area contributed by atoms with Crippen LogP contribution in [0.1, 0.15) is 18.9 Å². The van der Waals surface area contributed by atoms with Gasteiger partial charge in [-0.3, -0.25) is 4.68 Å². The number of aryl methyl sites for hydroxylation is 1. The Labute approximate surface area is 140 Å². The molecule has 0 radical (unpaired) electrons. The number of halogens is 1. The van der Waals surface area contributed by atoms with E-state index in [2.05, 4.69) is 36.0 Å². The van der Waals surface area contributed by atoms with Gasteiger partial charge in [0.25, 0.3) is 0 Å². The zero-order valence-electron chi connectivity index (χ0n) is 12.8. The van der Waals surface area contributed by atoms with E-state index in [-0.39, 0.29) is 6.10 Å². The minimum Gasteiger partial charge on any atom is -0.495 e. The first kappa shape index (κ1) is 15.5. The van der Waals surface area contributed by atoms with Crippen LogP contribution in [0.25, 0.3) is 10.9 Å². The van der Waals surface area contributed by atoms with Gasteiger partial charge in [-0.25, -0.2) is 15.0 Å². The largest absolute Gasteiger partial charge is 0.495 e. The number of nitrogens with two attached hydrogens (primary N) is 1. The molecule has 1 aromatic carbocycles. The number of hydrogen-bond acceptors (Lipinski definition) is 7. The molecular formula is C14H15BrN6O2. The van der Waals surface area contributed by atoms with Gasteiger partial charge in [0.2, 0.25) is 0 Å². The van der Waals surface area contributed by atoms with Gasteiger partial charge in [-0.05, 0) is 22.9 Å². The molecule has 2 heterocycles. The minimum absolute atomic E-state index is 0.328. The van der Waals surface area contributed by atoms with Gasteiger partial charge >= 0.3 is 0 Å². The SMILES string of the molecule is COc1cc(O[C@H](C)c2ncn(C)n2)c2c(N)ncnc2c1Br. The van der Waals surface area contributed by atoms with E-state index in [4.69, 9.17) is 15.2 Å². The summed E-state index contributed by atoms with van der Waals surface area (Å²) in [5.41, 5.74) is 6.63. The first-order chi connectivity index (χ1) is 11.0. The number of fused-ring (bicyclic) bond motifs is 1. The predicted octanol–water partition coefficient (Wildman–Crippen LogP) is 2.25. The van der Waals surface area contributed by atoms with Crippen molar-refractivity contribution < 1.29 is 9.47 Å². The van der Waals surface area contributed by atoms with Gasteiger partial charge in [-0.15, -0.1) is 0 Å². The number of anilines is 1. The molecule has 0 saturated heterocycles. The van der Waals surface area contributed by atoms with Crippen LogP contribution in [-0.4, -0.2) is 31.8 Å². The second-order valence-electron chi connectivity index (χ2n) is 4.91. The summed E-state index contributed by atoms with van der Waals surface area (Å²) in [7, 11) is 3.37. The molecule has 0 aliphatic carbocycles. The van der Waals surface area contributed by atoms with Crippen molar-refractivity contribution in [3.05, 3.63) is 29.0 Å². The van der Waals surface area contributed by atoms with E-state index < -0.39 is 0 Å². The molecular weight excluding hydrogens is 364 g/mol. The maximum atomic E-state index is 6.01. The van der Waals surface area contributed by atoms with Crippen LogP contribution in [-0.2, 0) is 7.05 Å². The summed E-state index contributed by atoms with van der Waals surface area (Å²) in [6.07, 6.45) is 2.65. The molecule has 0 bridgehead atoms. The van der Waals surface area contributed by atoms with Crippen molar-refractivity contribution in [3.63, 3.8) is 0 Å². The van der Waals surface area contributed by atoms with Crippen LogP contribution in [0.2, 0.25) is 0 Å². The number of hydrogen-bond donors (Lipinski definition) is 1. The van der Waals surface area contributed by atoms with Gasteiger partial charge in [0.1, 0.15) is 30.0 Å². The van der Waals surface area contributed by atoms with Crippen molar-refractivity contribution in [1.82, 2.24) is 24.7 Å². The van der Waals surface area contributed by atoms with Crippen molar-refractivity contribution in [2.45, 2.75) is 13.0 Å². The molecule has 0 aliphatic rings. The fraction of sp³-hybridized carbons (Fsp3) is 0.286. The maximum absolute atomic E-state index is 6.01. The molecule has 0 amide bonds. The molecule has 8 nitrogen and oxygen atoms in total. The number of rotatable bonds is 4. The van der Waals surface area contributed by atoms with E-state index in [9.17, 15) is 0 Å². The van der Waals surface area contributed by atoms with Crippen molar-refractivity contribution in [1.29, 1.82) is 0 Å². The van der Waals surface area contributed by atoms with E-state index in [0.29, 0.717) is 38.5 Å². The van der Waals surface area contributed by atoms with E-state index >= 15 is 0 Å². The molecule has 2 N–H and O–H groups in total. The molecule has 3 aromatic rings. The molecule has 0 aliphatic heterocycles. The topological polar surface area (TPSA) is 101 Å². The second-order valence-corrected chi connectivity index (χ2v) is 5.70. The molecule has 0 fully saturated rings. The summed E-state index contributed by atoms with van der Waals surface area (Å²) >= 11 is 3.47. The first-order valence-electron chi connectivity index (χ1n) is 6.80. The Morgan fingerprint density at radius 3 is 2.70 bits per heavy atom. The average molecular weight is 379 g/mol. The van der Waals surface area contributed by atoms with Gasteiger partial charge < -0.3 is 15.2 Å². The number of methoxy groups -OCH3 is 1. The quantitative estimate of drug-likeness (QED) is 0.742. The average Bonchev–Trinajstić information content (AvgIpc) is 2.96. The van der Waals surface area contributed by atoms with E-state index in [1.165, 1.54) is 6.33 Å². The van der Waals surface area contributed by atoms with Crippen LogP contribution < -0.4 is 15.2 Å². The smallest absolute Gasteiger partial charge is 0.191 e. The van der Waals surface area contributed by atoms with E-state index in [1.807, 2.05) is 6.92 Å². The Kier molecular flexibility index (Phi) is 4.03. The molecule has 0 saturated carbocycles. The van der Waals surface area contributed by atoms with Crippen LogP contribution in [0.5, 0.6) is 11.5 Å². The van der Waals surface area contributed by atoms with Gasteiger partial charge in [0, 0.05) is 13.1 Å². The molecule has 1 atom stereocenters. The van der Waals surface area contributed by atoms with Gasteiger partial charge in [-0.1, -0.05) is 0 Å². The minimum atomic E-state index is -0.370. The van der Waals surface area contributed by atoms with Crippen molar-refractivity contribution in [3.8, 4) is 11.5 Å². The third kappa shape index (κ3) is 2.79. The Hall–Kier alpha value is -2.42. The summed E-state index contributed by atoms with van der Waals surface area (Å²) in [5, 5.41) is 4.86. The van der Waals surface area contributed by atoms with Crippen molar-refractivity contribution in [2.75, 3.05) is 12.8 Å². The standard InChI is InChI=1S/C14H15BrN6O2/c1-7(14-19-6-21(2)20-14)23-8-4-9(22-3)11(15)12-10(8)13(16)18-5-17-12/h4-7H,1-3H3,(H2,16,17,18)/t7-/m1/s1. The third-order valence-electron chi connectivity index (χ3n) is 3.31. The molecule has 9 heteroatoms. The molecule has 3 rings (SSSR count). The normalized spacial score (nSPS) is 12.3. The fourth-order valence-corrected chi connectivity index (χ4v) is 2.78. The van der Waals surface area contributed by atoms with Gasteiger partial charge in [0.05, 0.1) is 22.5 Å². The van der Waals surface area contributed by atoms with Crippen molar-refractivity contribution >= 4 is 32.7 Å². The molecule has 120 valence electrons. The highest BCUT2D eigenvalue weighted by molar-refractivity contribution is 9.10. The summed E-state index contributed by atoms with van der Waals surface area (Å²) < 4.78 is 13.7. The van der Waals surface area contributed by atoms with Crippen LogP contribution in [0.3, 0.4) is 0 Å². The predicted molar refractivity (Wildman–Crippen MR) is 88.2 cm³/mol. The molecule has 23 heavy (non-hydrogen) atoms. The highest BCUT2D eigenvalue weighted by Crippen LogP contribution is 2.41. The Morgan fingerprint density at radius 1 is 1.26 bits per heavy atom. The lowest BCUT2D eigenvalue weighted by atomic mass is 10.2. The van der Waals surface area contributed by atoms with E-state index in [1.54, 1.807) is 31.2 Å². The van der Waals surface area contributed by atoms with Crippen LogP contribution in [0.15, 0.2) is 23.2 Å². The number of ether oxygens (including phenoxy) is 2. The van der Waals surface area contributed by atoms with Crippen LogP contribution in [0, 0.1) is 0 Å². The highest BCUT2D eigenvalue weighted by atomic mass is 79.9. The van der Waals surface area contributed by atoms with Crippen LogP contribution in [0.4, 0.5) is 5.82 Å². The number of benzene rings is 1. The summed E-state index contributed by atoms with van der Waals surface area (Å²) in [5.74, 6) is 2.00. The Morgan fingerprint density at radius 2 is 2.04 bits per heavy atom. The number of nitrogen functional groups attached to an aromatic ring is 1. The first-order valence-corrected chi connectivity index (χ1v) is 7.59. The zero-order chi connectivity index (χ0) is 16.6. The summed E-state index contributed by atoms with van der Waals surface area (Å²) in [6.45, 7) is 1.86. The molecule has 2 aromatic heterocycles. The summed E-state index contributed by atoms with van der Waals surface area (Å²) in [6, 6.07) is 1.74. The lowest BCUT2D eigenvalue weighted by Gasteiger charge is -2.16. The van der Waals surface area contributed by atoms with Crippen LogP contribution >= 0.6 is 15.9 Å². The molecule has 0 spiro atoms. The monoisotopic (exact) mass is 378 g/mol. The fourth-order valence-electron chi connectivity index (χ4n) is 2.21. The Balaban J connectivity index is 2.11. The Bertz CT molecular complexity index is 866. The number of aromatic nitrogens is 5. The number of nitrogens with zero attached hydrogens (tertiary/aromatic N) is 5. The maximum Gasteiger partial charge on any atom is 0.191 e. The summed E-state index contributed by atoms with van der Waals surface area (Å²) in [4.78, 5) is 12.5. The second kappa shape index (κ2) is 5.99. The lowest BCUT2D eigenvalue weighted by Crippen LogP contribution is -2.08. The highest BCUT2D eigenvalue weighted by Gasteiger charge is 2.19. The zero-order valence-corrected chi connectivity index (χ0v) is 14.4. The third-order valence-corrected chi connectivity index (χ3v) is 4.08. The van der Waals surface area contributed by atoms with E-state index in [0.717, 1.165) is 0 Å². The van der Waals surface area contributed by atoms with Crippen molar-refractivity contribution in [2.24, 2.45) is 7.05 Å². The lowest BCUT2D eigenvalue weighted by molar-refractivity contribution is 0.218. The van der Waals surface area contributed by atoms with Gasteiger partial charge in [-0.2, -0.15) is 5.10 Å². The molecule has 0 unspecified atom stereocenters.